The molecule has 30 heavy (non-hydrogen) atoms. The zero-order valence-electron chi connectivity index (χ0n) is 16.7. The molecule has 5 nitrogen and oxygen atoms in total. The smallest absolute Gasteiger partial charge is 0.409 e. The zero-order valence-corrected chi connectivity index (χ0v) is 16.7. The van der Waals surface area contributed by atoms with Crippen molar-refractivity contribution >= 4 is 6.09 Å². The molecule has 0 saturated carbocycles. The summed E-state index contributed by atoms with van der Waals surface area (Å²) in [5, 5.41) is 4.32. The Morgan fingerprint density at radius 1 is 1.07 bits per heavy atom. The van der Waals surface area contributed by atoms with E-state index in [0.717, 1.165) is 0 Å². The highest BCUT2D eigenvalue weighted by molar-refractivity contribution is 5.79. The Balaban J connectivity index is 1.26. The molecule has 2 heterocycles. The largest absolute Gasteiger partial charge is 0.448 e. The number of carbonyl (C=O) groups excluding carboxylic acids is 1. The monoisotopic (exact) mass is 397 g/mol. The van der Waals surface area contributed by atoms with E-state index in [2.05, 4.69) is 47.4 Å². The van der Waals surface area contributed by atoms with Gasteiger partial charge in [-0.15, -0.1) is 6.42 Å². The minimum atomic E-state index is -0.469. The van der Waals surface area contributed by atoms with Crippen molar-refractivity contribution in [3.05, 3.63) is 78.1 Å². The summed E-state index contributed by atoms with van der Waals surface area (Å²) >= 11 is 0. The van der Waals surface area contributed by atoms with Crippen LogP contribution in [0.2, 0.25) is 0 Å². The van der Waals surface area contributed by atoms with E-state index < -0.39 is 5.54 Å². The van der Waals surface area contributed by atoms with Gasteiger partial charge < -0.3 is 9.64 Å². The Morgan fingerprint density at radius 2 is 1.70 bits per heavy atom. The van der Waals surface area contributed by atoms with Crippen LogP contribution in [-0.2, 0) is 10.3 Å². The van der Waals surface area contributed by atoms with E-state index in [1.54, 1.807) is 11.1 Å². The number of benzene rings is 2. The van der Waals surface area contributed by atoms with Gasteiger partial charge in [0.05, 0.1) is 0 Å². The molecule has 0 atom stereocenters. The molecule has 3 aromatic rings. The van der Waals surface area contributed by atoms with Crippen LogP contribution in [0, 0.1) is 12.3 Å². The molecule has 150 valence electrons. The number of fused-ring (bicyclic) bond motifs is 3. The first kappa shape index (κ1) is 18.5. The van der Waals surface area contributed by atoms with Crippen molar-refractivity contribution in [3.8, 4) is 23.5 Å². The molecule has 0 unspecified atom stereocenters. The average molecular weight is 397 g/mol. The fraction of sp³-hybridized carbons (Fsp3) is 0.280. The first-order chi connectivity index (χ1) is 14.7. The number of nitrogens with zero attached hydrogens (tertiary/aromatic N) is 3. The lowest BCUT2D eigenvalue weighted by Gasteiger charge is -2.38. The molecule has 5 heteroatoms. The van der Waals surface area contributed by atoms with Crippen LogP contribution in [0.15, 0.2) is 67.0 Å². The van der Waals surface area contributed by atoms with Crippen LogP contribution >= 0.6 is 0 Å². The molecule has 2 aliphatic rings. The summed E-state index contributed by atoms with van der Waals surface area (Å²) in [6.45, 7) is 1.45. The molecule has 5 rings (SSSR count). The number of hydrogen-bond acceptors (Lipinski definition) is 3. The zero-order chi connectivity index (χ0) is 20.6. The summed E-state index contributed by atoms with van der Waals surface area (Å²) in [5.74, 6) is 2.97. The van der Waals surface area contributed by atoms with Gasteiger partial charge in [-0.1, -0.05) is 54.5 Å². The minimum absolute atomic E-state index is 0.0695. The lowest BCUT2D eigenvalue weighted by Crippen LogP contribution is -2.47. The maximum absolute atomic E-state index is 12.8. The summed E-state index contributed by atoms with van der Waals surface area (Å²) in [4.78, 5) is 14.6. The van der Waals surface area contributed by atoms with Crippen LogP contribution < -0.4 is 0 Å². The summed E-state index contributed by atoms with van der Waals surface area (Å²) in [5.41, 5.74) is 4.42. The van der Waals surface area contributed by atoms with E-state index in [1.807, 2.05) is 29.1 Å². The second-order valence-corrected chi connectivity index (χ2v) is 7.92. The van der Waals surface area contributed by atoms with Crippen LogP contribution in [0.3, 0.4) is 0 Å². The summed E-state index contributed by atoms with van der Waals surface area (Å²) in [6.07, 6.45) is 10.5. The highest BCUT2D eigenvalue weighted by Crippen LogP contribution is 2.44. The van der Waals surface area contributed by atoms with E-state index in [0.29, 0.717) is 32.5 Å². The highest BCUT2D eigenvalue weighted by Gasteiger charge is 2.37. The van der Waals surface area contributed by atoms with Gasteiger partial charge in [-0.3, -0.25) is 4.68 Å². The predicted octanol–water partition coefficient (Wildman–Crippen LogP) is 4.26. The number of hydrogen-bond donors (Lipinski definition) is 0. The molecule has 2 aromatic carbocycles. The van der Waals surface area contributed by atoms with Gasteiger partial charge >= 0.3 is 6.09 Å². The van der Waals surface area contributed by atoms with Gasteiger partial charge in [0.2, 0.25) is 0 Å². The third-order valence-corrected chi connectivity index (χ3v) is 6.40. The molecule has 1 amide bonds. The fourth-order valence-electron chi connectivity index (χ4n) is 4.71. The number of aromatic nitrogens is 2. The van der Waals surface area contributed by atoms with Gasteiger partial charge in [0.25, 0.3) is 0 Å². The number of terminal acetylenes is 1. The number of carbonyl (C=O) groups is 1. The Kier molecular flexibility index (Phi) is 4.55. The molecule has 1 aliphatic heterocycles. The number of likely N-dealkylation sites (tertiary alicyclic amines) is 1. The van der Waals surface area contributed by atoms with Crippen molar-refractivity contribution < 1.29 is 9.53 Å². The van der Waals surface area contributed by atoms with Crippen molar-refractivity contribution in [2.24, 2.45) is 0 Å². The quantitative estimate of drug-likeness (QED) is 0.621. The maximum Gasteiger partial charge on any atom is 0.409 e. The van der Waals surface area contributed by atoms with Gasteiger partial charge in [0, 0.05) is 44.2 Å². The van der Waals surface area contributed by atoms with Gasteiger partial charge in [0.15, 0.2) is 0 Å². The van der Waals surface area contributed by atoms with Crippen LogP contribution in [0.1, 0.15) is 29.9 Å². The Morgan fingerprint density at radius 3 is 2.27 bits per heavy atom. The van der Waals surface area contributed by atoms with E-state index in [1.165, 1.54) is 22.3 Å². The minimum Gasteiger partial charge on any atom is -0.448 e. The second-order valence-electron chi connectivity index (χ2n) is 7.92. The molecule has 0 bridgehead atoms. The summed E-state index contributed by atoms with van der Waals surface area (Å²) < 4.78 is 7.62. The lowest BCUT2D eigenvalue weighted by molar-refractivity contribution is 0.0765. The van der Waals surface area contributed by atoms with E-state index in [4.69, 9.17) is 11.2 Å². The Bertz CT molecular complexity index is 1060. The molecular formula is C25H23N3O2. The normalized spacial score (nSPS) is 17.1. The van der Waals surface area contributed by atoms with Crippen molar-refractivity contribution in [1.82, 2.24) is 14.7 Å². The standard InChI is InChI=1S/C25H23N3O2/c1-2-25(28-15-7-14-26-28)12-16-27(17-13-25)24(29)30-18-23-21-10-5-3-8-19(21)20-9-4-6-11-22(20)23/h1,3-11,14-15,23H,12-13,16-18H2. The summed E-state index contributed by atoms with van der Waals surface area (Å²) in [7, 11) is 0. The molecule has 1 fully saturated rings. The van der Waals surface area contributed by atoms with Gasteiger partial charge in [-0.2, -0.15) is 5.10 Å². The van der Waals surface area contributed by atoms with E-state index in [9.17, 15) is 4.79 Å². The molecule has 1 aromatic heterocycles. The van der Waals surface area contributed by atoms with E-state index >= 15 is 0 Å². The maximum atomic E-state index is 12.8. The lowest BCUT2D eigenvalue weighted by atomic mass is 9.88. The van der Waals surface area contributed by atoms with Crippen LogP contribution in [0.5, 0.6) is 0 Å². The number of ether oxygens (including phenoxy) is 1. The molecule has 1 saturated heterocycles. The molecule has 0 radical (unpaired) electrons. The molecule has 0 spiro atoms. The van der Waals surface area contributed by atoms with Crippen molar-refractivity contribution in [2.75, 3.05) is 19.7 Å². The van der Waals surface area contributed by atoms with Gasteiger partial charge in [-0.25, -0.2) is 4.79 Å². The second kappa shape index (κ2) is 7.38. The number of amides is 1. The van der Waals surface area contributed by atoms with Crippen LogP contribution in [0.4, 0.5) is 4.79 Å². The molecule has 0 N–H and O–H groups in total. The highest BCUT2D eigenvalue weighted by atomic mass is 16.6. The van der Waals surface area contributed by atoms with Crippen molar-refractivity contribution in [3.63, 3.8) is 0 Å². The first-order valence-corrected chi connectivity index (χ1v) is 10.3. The number of piperidine rings is 1. The number of rotatable bonds is 3. The Labute approximate surface area is 176 Å². The Hall–Kier alpha value is -3.52. The predicted molar refractivity (Wildman–Crippen MR) is 115 cm³/mol. The topological polar surface area (TPSA) is 47.4 Å². The van der Waals surface area contributed by atoms with Crippen molar-refractivity contribution in [2.45, 2.75) is 24.3 Å². The molecular weight excluding hydrogens is 374 g/mol. The first-order valence-electron chi connectivity index (χ1n) is 10.3. The fourth-order valence-corrected chi connectivity index (χ4v) is 4.71. The molecule has 1 aliphatic carbocycles. The third-order valence-electron chi connectivity index (χ3n) is 6.40. The van der Waals surface area contributed by atoms with E-state index in [-0.39, 0.29) is 12.0 Å². The summed E-state index contributed by atoms with van der Waals surface area (Å²) in [6, 6.07) is 18.6. The van der Waals surface area contributed by atoms with Gasteiger partial charge in [0.1, 0.15) is 12.1 Å². The van der Waals surface area contributed by atoms with Crippen LogP contribution in [-0.4, -0.2) is 40.5 Å². The van der Waals surface area contributed by atoms with Gasteiger partial charge in [-0.05, 0) is 28.3 Å². The SMILES string of the molecule is C#CC1(n2cccn2)CCN(C(=O)OCC2c3ccccc3-c3ccccc32)CC1. The van der Waals surface area contributed by atoms with Crippen LogP contribution in [0.25, 0.3) is 11.1 Å². The third kappa shape index (κ3) is 2.96. The van der Waals surface area contributed by atoms with Crippen molar-refractivity contribution in [1.29, 1.82) is 0 Å². The average Bonchev–Trinajstić information content (AvgIpc) is 3.45.